The summed E-state index contributed by atoms with van der Waals surface area (Å²) in [5, 5.41) is 0. The van der Waals surface area contributed by atoms with Crippen molar-refractivity contribution in [1.29, 1.82) is 0 Å². The van der Waals surface area contributed by atoms with E-state index in [4.69, 9.17) is 0 Å². The Morgan fingerprint density at radius 1 is 1.12 bits per heavy atom. The van der Waals surface area contributed by atoms with Gasteiger partial charge in [-0.3, -0.25) is 4.99 Å². The highest BCUT2D eigenvalue weighted by molar-refractivity contribution is 5.36. The van der Waals surface area contributed by atoms with E-state index < -0.39 is 0 Å². The maximum Gasteiger partial charge on any atom is 0.0793 e. The van der Waals surface area contributed by atoms with Gasteiger partial charge in [-0.05, 0) is 43.5 Å². The lowest BCUT2D eigenvalue weighted by Crippen LogP contribution is -2.18. The van der Waals surface area contributed by atoms with Gasteiger partial charge in [0, 0.05) is 0 Å². The summed E-state index contributed by atoms with van der Waals surface area (Å²) >= 11 is 0. The lowest BCUT2D eigenvalue weighted by atomic mass is 9.80. The lowest BCUT2D eigenvalue weighted by Gasteiger charge is -2.26. The molecule has 0 aliphatic rings. The average Bonchev–Trinajstić information content (AvgIpc) is 2.29. The highest BCUT2D eigenvalue weighted by atomic mass is 14.8. The average molecular weight is 217 g/mol. The minimum Gasteiger partial charge on any atom is -0.290 e. The summed E-state index contributed by atoms with van der Waals surface area (Å²) in [5.41, 5.74) is 2.65. The molecule has 0 aliphatic carbocycles. The molecule has 1 aromatic carbocycles. The van der Waals surface area contributed by atoms with E-state index in [1.165, 1.54) is 11.1 Å². The summed E-state index contributed by atoms with van der Waals surface area (Å²) in [6.45, 7) is 14.6. The maximum atomic E-state index is 4.19. The monoisotopic (exact) mass is 217 g/mol. The minimum absolute atomic E-state index is 0.195. The molecule has 0 aromatic heterocycles. The van der Waals surface area contributed by atoms with Crippen molar-refractivity contribution in [3.8, 4) is 0 Å². The number of hydrogen-bond donors (Lipinski definition) is 0. The predicted molar refractivity (Wildman–Crippen MR) is 72.3 cm³/mol. The molecule has 1 nitrogen and oxygen atoms in total. The third-order valence-electron chi connectivity index (χ3n) is 3.63. The van der Waals surface area contributed by atoms with Crippen molar-refractivity contribution in [3.05, 3.63) is 35.4 Å². The molecule has 0 heterocycles. The smallest absolute Gasteiger partial charge is 0.0793 e. The van der Waals surface area contributed by atoms with Gasteiger partial charge in [-0.1, -0.05) is 45.0 Å². The Morgan fingerprint density at radius 3 is 2.19 bits per heavy atom. The Balaban J connectivity index is 3.19. The number of nitrogens with zero attached hydrogens (tertiary/aromatic N) is 1. The summed E-state index contributed by atoms with van der Waals surface area (Å²) in [7, 11) is 0. The normalized spacial score (nSPS) is 12.6. The van der Waals surface area contributed by atoms with Crippen molar-refractivity contribution in [2.24, 2.45) is 4.99 Å². The Kier molecular flexibility index (Phi) is 3.57. The summed E-state index contributed by atoms with van der Waals surface area (Å²) in [6, 6.07) is 8.71. The van der Waals surface area contributed by atoms with Crippen LogP contribution in [0.2, 0.25) is 0 Å². The standard InChI is InChI=1S/C15H23N/c1-7-14(2,3)12-9-8-10-13(11-12)15(4,5)16-6/h8-11H,6-7H2,1-5H3. The minimum atomic E-state index is -0.195. The van der Waals surface area contributed by atoms with Crippen LogP contribution in [0.1, 0.15) is 52.2 Å². The van der Waals surface area contributed by atoms with Crippen LogP contribution in [0.5, 0.6) is 0 Å². The summed E-state index contributed by atoms with van der Waals surface area (Å²) in [6.07, 6.45) is 1.14. The highest BCUT2D eigenvalue weighted by Crippen LogP contribution is 2.31. The van der Waals surface area contributed by atoms with Crippen molar-refractivity contribution in [3.63, 3.8) is 0 Å². The zero-order chi connectivity index (χ0) is 12.4. The molecule has 1 aromatic rings. The molecule has 0 bridgehead atoms. The van der Waals surface area contributed by atoms with E-state index in [0.717, 1.165) is 6.42 Å². The first-order valence-electron chi connectivity index (χ1n) is 5.92. The molecule has 0 atom stereocenters. The molecule has 0 N–H and O–H groups in total. The molecule has 0 saturated heterocycles. The third kappa shape index (κ3) is 2.52. The predicted octanol–water partition coefficient (Wildman–Crippen LogP) is 4.31. The fraction of sp³-hybridized carbons (Fsp3) is 0.533. The number of hydrogen-bond acceptors (Lipinski definition) is 1. The molecule has 0 aliphatic heterocycles. The molecular weight excluding hydrogens is 194 g/mol. The highest BCUT2D eigenvalue weighted by Gasteiger charge is 2.22. The van der Waals surface area contributed by atoms with Gasteiger partial charge in [0.25, 0.3) is 0 Å². The van der Waals surface area contributed by atoms with Crippen molar-refractivity contribution < 1.29 is 0 Å². The van der Waals surface area contributed by atoms with Crippen molar-refractivity contribution in [2.45, 2.75) is 52.0 Å². The molecule has 0 saturated carbocycles. The molecule has 88 valence electrons. The van der Waals surface area contributed by atoms with Crippen LogP contribution in [0, 0.1) is 0 Å². The quantitative estimate of drug-likeness (QED) is 0.666. The van der Waals surface area contributed by atoms with E-state index in [1.54, 1.807) is 0 Å². The molecule has 0 spiro atoms. The first-order chi connectivity index (χ1) is 7.33. The van der Waals surface area contributed by atoms with Gasteiger partial charge in [-0.25, -0.2) is 0 Å². The van der Waals surface area contributed by atoms with Gasteiger partial charge in [0.2, 0.25) is 0 Å². The topological polar surface area (TPSA) is 12.4 Å². The molecule has 0 fully saturated rings. The van der Waals surface area contributed by atoms with Crippen LogP contribution in [0.3, 0.4) is 0 Å². The van der Waals surface area contributed by atoms with Crippen LogP contribution in [-0.2, 0) is 11.0 Å². The van der Waals surface area contributed by atoms with Crippen molar-refractivity contribution in [2.75, 3.05) is 0 Å². The summed E-state index contributed by atoms with van der Waals surface area (Å²) < 4.78 is 0. The molecule has 16 heavy (non-hydrogen) atoms. The molecular formula is C15H23N. The van der Waals surface area contributed by atoms with Crippen LogP contribution in [-0.4, -0.2) is 6.72 Å². The van der Waals surface area contributed by atoms with Gasteiger partial charge in [-0.2, -0.15) is 0 Å². The SMILES string of the molecule is C=NC(C)(C)c1cccc(C(C)(C)CC)c1. The molecule has 0 radical (unpaired) electrons. The van der Waals surface area contributed by atoms with Crippen molar-refractivity contribution >= 4 is 6.72 Å². The largest absolute Gasteiger partial charge is 0.290 e. The number of aliphatic imine (C=N–C) groups is 1. The molecule has 0 unspecified atom stereocenters. The number of benzene rings is 1. The Labute approximate surface area is 99.6 Å². The second-order valence-corrected chi connectivity index (χ2v) is 5.54. The second-order valence-electron chi connectivity index (χ2n) is 5.54. The van der Waals surface area contributed by atoms with Gasteiger partial charge in [-0.15, -0.1) is 0 Å². The molecule has 0 amide bonds. The van der Waals surface area contributed by atoms with Gasteiger partial charge in [0.05, 0.1) is 5.54 Å². The Hall–Kier alpha value is -1.11. The first-order valence-corrected chi connectivity index (χ1v) is 5.92. The van der Waals surface area contributed by atoms with Gasteiger partial charge in [0.1, 0.15) is 0 Å². The van der Waals surface area contributed by atoms with Crippen LogP contribution in [0.25, 0.3) is 0 Å². The van der Waals surface area contributed by atoms with E-state index in [0.29, 0.717) is 0 Å². The maximum absolute atomic E-state index is 4.19. The number of rotatable bonds is 4. The fourth-order valence-electron chi connectivity index (χ4n) is 1.62. The zero-order valence-corrected chi connectivity index (χ0v) is 11.2. The van der Waals surface area contributed by atoms with E-state index in [9.17, 15) is 0 Å². The van der Waals surface area contributed by atoms with Crippen LogP contribution >= 0.6 is 0 Å². The van der Waals surface area contributed by atoms with E-state index >= 15 is 0 Å². The van der Waals surface area contributed by atoms with Crippen LogP contribution < -0.4 is 0 Å². The molecule has 1 heteroatoms. The van der Waals surface area contributed by atoms with Crippen LogP contribution in [0.4, 0.5) is 0 Å². The second kappa shape index (κ2) is 4.40. The Morgan fingerprint density at radius 2 is 1.69 bits per heavy atom. The zero-order valence-electron chi connectivity index (χ0n) is 11.2. The van der Waals surface area contributed by atoms with E-state index in [-0.39, 0.29) is 11.0 Å². The Bertz CT molecular complexity index is 375. The van der Waals surface area contributed by atoms with E-state index in [2.05, 4.69) is 70.6 Å². The first kappa shape index (κ1) is 13.0. The third-order valence-corrected chi connectivity index (χ3v) is 3.63. The van der Waals surface area contributed by atoms with E-state index in [1.807, 2.05) is 0 Å². The van der Waals surface area contributed by atoms with Crippen LogP contribution in [0.15, 0.2) is 29.3 Å². The van der Waals surface area contributed by atoms with Crippen molar-refractivity contribution in [1.82, 2.24) is 0 Å². The van der Waals surface area contributed by atoms with Gasteiger partial charge < -0.3 is 0 Å². The van der Waals surface area contributed by atoms with Gasteiger partial charge in [0.15, 0.2) is 0 Å². The fourth-order valence-corrected chi connectivity index (χ4v) is 1.62. The lowest BCUT2D eigenvalue weighted by molar-refractivity contribution is 0.501. The summed E-state index contributed by atoms with van der Waals surface area (Å²) in [4.78, 5) is 4.19. The van der Waals surface area contributed by atoms with Gasteiger partial charge >= 0.3 is 0 Å². The summed E-state index contributed by atoms with van der Waals surface area (Å²) in [5.74, 6) is 0. The molecule has 1 rings (SSSR count).